The number of carbonyl (C=O) groups excluding carboxylic acids is 1. The van der Waals surface area contributed by atoms with Crippen molar-refractivity contribution in [1.29, 1.82) is 0 Å². The number of hydrogen-bond donors (Lipinski definition) is 1. The highest BCUT2D eigenvalue weighted by Crippen LogP contribution is 2.34. The zero-order valence-electron chi connectivity index (χ0n) is 19.8. The van der Waals surface area contributed by atoms with E-state index in [-0.39, 0.29) is 11.6 Å². The quantitative estimate of drug-likeness (QED) is 0.459. The summed E-state index contributed by atoms with van der Waals surface area (Å²) in [6.07, 6.45) is 0. The van der Waals surface area contributed by atoms with Crippen molar-refractivity contribution >= 4 is 32.5 Å². The second-order valence-electron chi connectivity index (χ2n) is 9.91. The van der Waals surface area contributed by atoms with Crippen LogP contribution in [0, 0.1) is 6.92 Å². The minimum absolute atomic E-state index is 0.0260. The van der Waals surface area contributed by atoms with Gasteiger partial charge in [0.25, 0.3) is 0 Å². The van der Waals surface area contributed by atoms with Crippen LogP contribution in [0.3, 0.4) is 0 Å². The van der Waals surface area contributed by atoms with Gasteiger partial charge in [0.1, 0.15) is 0 Å². The maximum Gasteiger partial charge on any atom is 0.317 e. The largest absolute Gasteiger partial charge is 0.333 e. The number of nitrogens with zero attached hydrogens (tertiary/aromatic N) is 4. The molecule has 0 bridgehead atoms. The number of rotatable bonds is 3. The van der Waals surface area contributed by atoms with Crippen LogP contribution in [0.4, 0.5) is 4.79 Å². The molecule has 172 valence electrons. The standard InChI is InChI=1S/C26H31N5OS/c1-18-10-11-20-22(16-18)33-25-27-23(19-8-6-5-7-9-19)21(31(20)25)17-29-12-14-30(15-13-29)24(32)28-26(2,3)4/h5-11,16H,12-15,17H2,1-4H3,(H,28,32). The molecule has 1 fully saturated rings. The van der Waals surface area contributed by atoms with Gasteiger partial charge in [-0.3, -0.25) is 9.30 Å². The summed E-state index contributed by atoms with van der Waals surface area (Å²) in [5, 5.41) is 3.08. The third kappa shape index (κ3) is 4.48. The molecule has 1 aliphatic heterocycles. The molecule has 3 heterocycles. The van der Waals surface area contributed by atoms with Crippen LogP contribution in [0.25, 0.3) is 26.4 Å². The van der Waals surface area contributed by atoms with E-state index in [1.807, 2.05) is 31.7 Å². The van der Waals surface area contributed by atoms with Gasteiger partial charge in [0, 0.05) is 43.8 Å². The first-order valence-corrected chi connectivity index (χ1v) is 12.4. The fourth-order valence-corrected chi connectivity index (χ4v) is 5.57. The zero-order chi connectivity index (χ0) is 23.2. The Hall–Kier alpha value is -2.90. The maximum absolute atomic E-state index is 12.6. The number of urea groups is 1. The fourth-order valence-electron chi connectivity index (χ4n) is 4.43. The predicted octanol–water partition coefficient (Wildman–Crippen LogP) is 5.15. The minimum atomic E-state index is -0.222. The maximum atomic E-state index is 12.6. The molecule has 4 aromatic rings. The highest BCUT2D eigenvalue weighted by atomic mass is 32.1. The highest BCUT2D eigenvalue weighted by molar-refractivity contribution is 7.23. The van der Waals surface area contributed by atoms with Gasteiger partial charge in [-0.25, -0.2) is 9.78 Å². The SMILES string of the molecule is Cc1ccc2c(c1)sc1nc(-c3ccccc3)c(CN3CCN(C(=O)NC(C)(C)C)CC3)n12. The van der Waals surface area contributed by atoms with E-state index < -0.39 is 0 Å². The summed E-state index contributed by atoms with van der Waals surface area (Å²) in [6, 6.07) is 17.1. The molecule has 2 aromatic carbocycles. The Balaban J connectivity index is 1.45. The molecule has 0 unspecified atom stereocenters. The van der Waals surface area contributed by atoms with Gasteiger partial charge in [0.15, 0.2) is 4.96 Å². The third-order valence-corrected chi connectivity index (χ3v) is 7.06. The zero-order valence-corrected chi connectivity index (χ0v) is 20.6. The van der Waals surface area contributed by atoms with Crippen molar-refractivity contribution in [3.8, 4) is 11.3 Å². The molecule has 1 saturated heterocycles. The first-order valence-electron chi connectivity index (χ1n) is 11.5. The number of hydrogen-bond acceptors (Lipinski definition) is 4. The van der Waals surface area contributed by atoms with E-state index in [1.165, 1.54) is 21.5 Å². The predicted molar refractivity (Wildman–Crippen MR) is 136 cm³/mol. The molecule has 33 heavy (non-hydrogen) atoms. The molecule has 0 atom stereocenters. The fraction of sp³-hybridized carbons (Fsp3) is 0.385. The lowest BCUT2D eigenvalue weighted by Crippen LogP contribution is -2.54. The molecular formula is C26H31N5OS. The van der Waals surface area contributed by atoms with Crippen LogP contribution in [0.1, 0.15) is 32.0 Å². The lowest BCUT2D eigenvalue weighted by Gasteiger charge is -2.36. The molecule has 6 nitrogen and oxygen atoms in total. The molecule has 2 amide bonds. The number of piperazine rings is 1. The number of aromatic nitrogens is 2. The topological polar surface area (TPSA) is 52.9 Å². The number of carbonyl (C=O) groups is 1. The van der Waals surface area contributed by atoms with E-state index in [0.29, 0.717) is 0 Å². The first-order chi connectivity index (χ1) is 15.8. The second-order valence-corrected chi connectivity index (χ2v) is 10.9. The van der Waals surface area contributed by atoms with Crippen molar-refractivity contribution in [3.63, 3.8) is 0 Å². The van der Waals surface area contributed by atoms with Crippen molar-refractivity contribution in [1.82, 2.24) is 24.5 Å². The summed E-state index contributed by atoms with van der Waals surface area (Å²) in [5.74, 6) is 0. The molecular weight excluding hydrogens is 430 g/mol. The van der Waals surface area contributed by atoms with E-state index in [4.69, 9.17) is 4.98 Å². The summed E-state index contributed by atoms with van der Waals surface area (Å²) < 4.78 is 3.60. The Morgan fingerprint density at radius 3 is 2.48 bits per heavy atom. The van der Waals surface area contributed by atoms with Gasteiger partial charge in [-0.1, -0.05) is 47.7 Å². The molecule has 0 spiro atoms. The van der Waals surface area contributed by atoms with Crippen LogP contribution in [-0.4, -0.2) is 56.9 Å². The van der Waals surface area contributed by atoms with E-state index in [2.05, 4.69) is 64.0 Å². The summed E-state index contributed by atoms with van der Waals surface area (Å²) in [6.45, 7) is 12.1. The number of nitrogens with one attached hydrogen (secondary N) is 1. The number of amides is 2. The monoisotopic (exact) mass is 461 g/mol. The minimum Gasteiger partial charge on any atom is -0.333 e. The molecule has 7 heteroatoms. The van der Waals surface area contributed by atoms with Crippen LogP contribution in [-0.2, 0) is 6.54 Å². The van der Waals surface area contributed by atoms with E-state index in [9.17, 15) is 4.79 Å². The van der Waals surface area contributed by atoms with E-state index >= 15 is 0 Å². The Morgan fingerprint density at radius 2 is 1.79 bits per heavy atom. The number of thiazole rings is 1. The molecule has 0 saturated carbocycles. The smallest absolute Gasteiger partial charge is 0.317 e. The number of benzene rings is 2. The lowest BCUT2D eigenvalue weighted by atomic mass is 10.1. The molecule has 2 aromatic heterocycles. The molecule has 1 N–H and O–H groups in total. The van der Waals surface area contributed by atoms with Crippen LogP contribution in [0.15, 0.2) is 48.5 Å². The summed E-state index contributed by atoms with van der Waals surface area (Å²) in [7, 11) is 0. The summed E-state index contributed by atoms with van der Waals surface area (Å²) >= 11 is 1.75. The van der Waals surface area contributed by atoms with Crippen LogP contribution < -0.4 is 5.32 Å². The third-order valence-electron chi connectivity index (χ3n) is 6.06. The van der Waals surface area contributed by atoms with E-state index in [1.54, 1.807) is 11.3 Å². The lowest BCUT2D eigenvalue weighted by molar-refractivity contribution is 0.130. The average Bonchev–Trinajstić information content (AvgIpc) is 3.29. The highest BCUT2D eigenvalue weighted by Gasteiger charge is 2.26. The Kier molecular flexibility index (Phi) is 5.62. The van der Waals surface area contributed by atoms with Gasteiger partial charge in [-0.05, 0) is 45.4 Å². The van der Waals surface area contributed by atoms with Crippen molar-refractivity contribution < 1.29 is 4.79 Å². The normalized spacial score (nSPS) is 15.5. The van der Waals surface area contributed by atoms with Gasteiger partial charge in [-0.2, -0.15) is 0 Å². The van der Waals surface area contributed by atoms with Crippen molar-refractivity contribution in [2.75, 3.05) is 26.2 Å². The van der Waals surface area contributed by atoms with Gasteiger partial charge < -0.3 is 10.2 Å². The van der Waals surface area contributed by atoms with Crippen molar-refractivity contribution in [3.05, 3.63) is 59.8 Å². The molecule has 0 aliphatic carbocycles. The van der Waals surface area contributed by atoms with Crippen molar-refractivity contribution in [2.24, 2.45) is 0 Å². The van der Waals surface area contributed by atoms with Crippen LogP contribution in [0.2, 0.25) is 0 Å². The van der Waals surface area contributed by atoms with Gasteiger partial charge in [0.05, 0.1) is 21.6 Å². The van der Waals surface area contributed by atoms with Gasteiger partial charge >= 0.3 is 6.03 Å². The Morgan fingerprint density at radius 1 is 1.06 bits per heavy atom. The van der Waals surface area contributed by atoms with Crippen molar-refractivity contribution in [2.45, 2.75) is 39.8 Å². The number of fused-ring (bicyclic) bond motifs is 3. The van der Waals surface area contributed by atoms with Gasteiger partial charge in [-0.15, -0.1) is 0 Å². The van der Waals surface area contributed by atoms with E-state index in [0.717, 1.165) is 48.9 Å². The molecule has 1 aliphatic rings. The van der Waals surface area contributed by atoms with Crippen LogP contribution in [0.5, 0.6) is 0 Å². The van der Waals surface area contributed by atoms with Crippen LogP contribution >= 0.6 is 11.3 Å². The average molecular weight is 462 g/mol. The molecule has 0 radical (unpaired) electrons. The first kappa shape index (κ1) is 21.9. The second kappa shape index (κ2) is 8.47. The summed E-state index contributed by atoms with van der Waals surface area (Å²) in [5.41, 5.74) is 5.68. The number of imidazole rings is 1. The number of aryl methyl sites for hydroxylation is 1. The van der Waals surface area contributed by atoms with Gasteiger partial charge in [0.2, 0.25) is 0 Å². The molecule has 5 rings (SSSR count). The Labute approximate surface area is 198 Å². The summed E-state index contributed by atoms with van der Waals surface area (Å²) in [4.78, 5) is 23.1. The Bertz CT molecular complexity index is 1290.